The highest BCUT2D eigenvalue weighted by Gasteiger charge is 2.22. The summed E-state index contributed by atoms with van der Waals surface area (Å²) in [6, 6.07) is 11.9. The van der Waals surface area contributed by atoms with E-state index in [-0.39, 0.29) is 0 Å². The fraction of sp³-hybridized carbons (Fsp3) is 0.556. The Morgan fingerprint density at radius 3 is 2.71 bits per heavy atom. The molecule has 0 unspecified atom stereocenters. The first-order valence-electron chi connectivity index (χ1n) is 8.28. The molecule has 0 amide bonds. The van der Waals surface area contributed by atoms with E-state index in [0.717, 1.165) is 38.3 Å². The molecule has 112 valence electrons. The third-order valence-electron chi connectivity index (χ3n) is 4.83. The highest BCUT2D eigenvalue weighted by molar-refractivity contribution is 5.81. The Balaban J connectivity index is 1.60. The van der Waals surface area contributed by atoms with E-state index in [0.29, 0.717) is 0 Å². The number of nitrogens with zero attached hydrogens (tertiary/aromatic N) is 1. The van der Waals surface area contributed by atoms with Gasteiger partial charge in [-0.25, -0.2) is 0 Å². The van der Waals surface area contributed by atoms with E-state index in [1.165, 1.54) is 42.3 Å². The van der Waals surface area contributed by atoms with Gasteiger partial charge in [-0.3, -0.25) is 0 Å². The molecule has 0 radical (unpaired) electrons. The third kappa shape index (κ3) is 2.99. The van der Waals surface area contributed by atoms with Gasteiger partial charge >= 0.3 is 0 Å². The molecule has 21 heavy (non-hydrogen) atoms. The summed E-state index contributed by atoms with van der Waals surface area (Å²) >= 11 is 0. The van der Waals surface area contributed by atoms with Crippen LogP contribution in [0.3, 0.4) is 0 Å². The summed E-state index contributed by atoms with van der Waals surface area (Å²) in [4.78, 5) is 0. The number of fused-ring (bicyclic) bond motifs is 1. The molecule has 1 aliphatic carbocycles. The van der Waals surface area contributed by atoms with E-state index < -0.39 is 0 Å². The summed E-state index contributed by atoms with van der Waals surface area (Å²) in [7, 11) is 0. The maximum Gasteiger partial charge on any atom is 0.0483 e. The van der Waals surface area contributed by atoms with Crippen LogP contribution in [0, 0.1) is 5.92 Å². The van der Waals surface area contributed by atoms with E-state index in [1.807, 2.05) is 0 Å². The van der Waals surface area contributed by atoms with Gasteiger partial charge in [-0.2, -0.15) is 0 Å². The summed E-state index contributed by atoms with van der Waals surface area (Å²) in [5.74, 6) is 0.759. The summed E-state index contributed by atoms with van der Waals surface area (Å²) < 4.78 is 8.04. The van der Waals surface area contributed by atoms with Gasteiger partial charge < -0.3 is 14.6 Å². The lowest BCUT2D eigenvalue weighted by Gasteiger charge is -2.24. The summed E-state index contributed by atoms with van der Waals surface area (Å²) in [6.07, 6.45) is 5.09. The minimum atomic E-state index is 0.759. The van der Waals surface area contributed by atoms with Crippen molar-refractivity contribution in [1.29, 1.82) is 0 Å². The average molecular weight is 284 g/mol. The third-order valence-corrected chi connectivity index (χ3v) is 4.83. The predicted octanol–water partition coefficient (Wildman–Crippen LogP) is 3.32. The second kappa shape index (κ2) is 5.82. The zero-order chi connectivity index (χ0) is 14.1. The van der Waals surface area contributed by atoms with Crippen LogP contribution >= 0.6 is 0 Å². The Labute approximate surface area is 126 Å². The number of nitrogens with one attached hydrogen (secondary N) is 1. The molecule has 2 aromatic rings. The maximum atomic E-state index is 5.50. The highest BCUT2D eigenvalue weighted by atomic mass is 16.5. The van der Waals surface area contributed by atoms with Crippen LogP contribution in [0.15, 0.2) is 30.3 Å². The van der Waals surface area contributed by atoms with Gasteiger partial charge in [0.05, 0.1) is 0 Å². The Bertz CT molecular complexity index is 609. The lowest BCUT2D eigenvalue weighted by atomic mass is 10.0. The van der Waals surface area contributed by atoms with E-state index in [1.54, 1.807) is 0 Å². The van der Waals surface area contributed by atoms with Gasteiger partial charge in [-0.05, 0) is 49.1 Å². The molecule has 1 saturated heterocycles. The lowest BCUT2D eigenvalue weighted by molar-refractivity contribution is 0.0614. The molecule has 2 aliphatic rings. The number of hydrogen-bond donors (Lipinski definition) is 1. The molecule has 2 fully saturated rings. The van der Waals surface area contributed by atoms with Crippen molar-refractivity contribution in [2.24, 2.45) is 5.92 Å². The first-order valence-corrected chi connectivity index (χ1v) is 8.28. The molecule has 3 nitrogen and oxygen atoms in total. The van der Waals surface area contributed by atoms with E-state index in [4.69, 9.17) is 4.74 Å². The minimum absolute atomic E-state index is 0.759. The monoisotopic (exact) mass is 284 g/mol. The van der Waals surface area contributed by atoms with Crippen LogP contribution in [0.1, 0.15) is 31.4 Å². The zero-order valence-electron chi connectivity index (χ0n) is 12.6. The van der Waals surface area contributed by atoms with Crippen LogP contribution in [0.25, 0.3) is 10.9 Å². The van der Waals surface area contributed by atoms with Crippen molar-refractivity contribution in [2.45, 2.75) is 44.8 Å². The van der Waals surface area contributed by atoms with Crippen molar-refractivity contribution in [3.05, 3.63) is 36.0 Å². The normalized spacial score (nSPS) is 20.2. The summed E-state index contributed by atoms with van der Waals surface area (Å²) in [5, 5.41) is 5.04. The number of ether oxygens (including phenoxy) is 1. The number of para-hydroxylation sites is 1. The van der Waals surface area contributed by atoms with Crippen molar-refractivity contribution in [3.8, 4) is 0 Å². The van der Waals surface area contributed by atoms with Gasteiger partial charge in [-0.1, -0.05) is 18.2 Å². The topological polar surface area (TPSA) is 26.2 Å². The van der Waals surface area contributed by atoms with Crippen LogP contribution in [0.5, 0.6) is 0 Å². The molecule has 1 aromatic carbocycles. The molecule has 1 aromatic heterocycles. The largest absolute Gasteiger partial charge is 0.381 e. The smallest absolute Gasteiger partial charge is 0.0483 e. The van der Waals surface area contributed by atoms with Gasteiger partial charge in [0.25, 0.3) is 0 Å². The molecule has 1 N–H and O–H groups in total. The molecule has 2 heterocycles. The molecule has 4 rings (SSSR count). The fourth-order valence-electron chi connectivity index (χ4n) is 3.35. The summed E-state index contributed by atoms with van der Waals surface area (Å²) in [5.41, 5.74) is 2.83. The van der Waals surface area contributed by atoms with Gasteiger partial charge in [0.2, 0.25) is 0 Å². The van der Waals surface area contributed by atoms with Crippen molar-refractivity contribution in [1.82, 2.24) is 9.88 Å². The molecule has 0 spiro atoms. The Morgan fingerprint density at radius 1 is 1.10 bits per heavy atom. The first kappa shape index (κ1) is 13.4. The average Bonchev–Trinajstić information content (AvgIpc) is 3.30. The van der Waals surface area contributed by atoms with Crippen molar-refractivity contribution in [2.75, 3.05) is 13.2 Å². The minimum Gasteiger partial charge on any atom is -0.381 e. The molecule has 0 bridgehead atoms. The zero-order valence-corrected chi connectivity index (χ0v) is 12.6. The standard InChI is InChI=1S/C18H24N2O/c1-2-4-18-15(3-1)11-17(12-19-16-5-6-16)20(18)13-14-7-9-21-10-8-14/h1-4,11,14,16,19H,5-10,12-13H2. The fourth-order valence-corrected chi connectivity index (χ4v) is 3.35. The molecule has 1 saturated carbocycles. The maximum absolute atomic E-state index is 5.50. The predicted molar refractivity (Wildman–Crippen MR) is 85.3 cm³/mol. The highest BCUT2D eigenvalue weighted by Crippen LogP contribution is 2.26. The molecular formula is C18H24N2O. The van der Waals surface area contributed by atoms with Crippen molar-refractivity contribution < 1.29 is 4.74 Å². The molecule has 1 aliphatic heterocycles. The summed E-state index contributed by atoms with van der Waals surface area (Å²) in [6.45, 7) is 4.00. The van der Waals surface area contributed by atoms with Crippen molar-refractivity contribution >= 4 is 10.9 Å². The number of rotatable bonds is 5. The Morgan fingerprint density at radius 2 is 1.90 bits per heavy atom. The van der Waals surface area contributed by atoms with Crippen LogP contribution in [0.4, 0.5) is 0 Å². The van der Waals surface area contributed by atoms with Gasteiger partial charge in [0, 0.05) is 43.6 Å². The first-order chi connectivity index (χ1) is 10.4. The van der Waals surface area contributed by atoms with E-state index >= 15 is 0 Å². The van der Waals surface area contributed by atoms with Crippen LogP contribution < -0.4 is 5.32 Å². The Kier molecular flexibility index (Phi) is 3.70. The second-order valence-corrected chi connectivity index (χ2v) is 6.52. The van der Waals surface area contributed by atoms with E-state index in [9.17, 15) is 0 Å². The Hall–Kier alpha value is -1.32. The van der Waals surface area contributed by atoms with Gasteiger partial charge in [0.15, 0.2) is 0 Å². The number of aromatic nitrogens is 1. The lowest BCUT2D eigenvalue weighted by Crippen LogP contribution is -2.23. The molecule has 0 atom stereocenters. The van der Waals surface area contributed by atoms with Crippen LogP contribution in [-0.4, -0.2) is 23.8 Å². The number of benzene rings is 1. The SMILES string of the molecule is c1ccc2c(c1)cc(CNC1CC1)n2CC1CCOCC1. The van der Waals surface area contributed by atoms with E-state index in [2.05, 4.69) is 40.2 Å². The second-order valence-electron chi connectivity index (χ2n) is 6.52. The number of hydrogen-bond acceptors (Lipinski definition) is 2. The van der Waals surface area contributed by atoms with Crippen LogP contribution in [-0.2, 0) is 17.8 Å². The molecular weight excluding hydrogens is 260 g/mol. The van der Waals surface area contributed by atoms with Crippen molar-refractivity contribution in [3.63, 3.8) is 0 Å². The van der Waals surface area contributed by atoms with Gasteiger partial charge in [0.1, 0.15) is 0 Å². The van der Waals surface area contributed by atoms with Gasteiger partial charge in [-0.15, -0.1) is 0 Å². The molecule has 3 heteroatoms. The quantitative estimate of drug-likeness (QED) is 0.911. The van der Waals surface area contributed by atoms with Crippen LogP contribution in [0.2, 0.25) is 0 Å².